The van der Waals surface area contributed by atoms with E-state index >= 15 is 0 Å². The predicted molar refractivity (Wildman–Crippen MR) is 90.5 cm³/mol. The van der Waals surface area contributed by atoms with Crippen LogP contribution in [0.2, 0.25) is 0 Å². The van der Waals surface area contributed by atoms with Crippen LogP contribution in [0.25, 0.3) is 0 Å². The Kier molecular flexibility index (Phi) is 7.17. The van der Waals surface area contributed by atoms with Crippen molar-refractivity contribution in [3.63, 3.8) is 0 Å². The number of alkyl halides is 4. The van der Waals surface area contributed by atoms with Gasteiger partial charge in [0.2, 0.25) is 0 Å². The molecule has 4 nitrogen and oxygen atoms in total. The van der Waals surface area contributed by atoms with Gasteiger partial charge in [-0.15, -0.1) is 0 Å². The minimum atomic E-state index is -0.975. The monoisotopic (exact) mass is 534 g/mol. The molecular weight excluding hydrogens is 528 g/mol. The topological polar surface area (TPSA) is 74.6 Å². The highest BCUT2D eigenvalue weighted by Crippen LogP contribution is 2.36. The summed E-state index contributed by atoms with van der Waals surface area (Å²) in [5.41, 5.74) is 1.50. The van der Waals surface area contributed by atoms with Gasteiger partial charge in [-0.05, 0) is 11.1 Å². The van der Waals surface area contributed by atoms with Crippen molar-refractivity contribution >= 4 is 75.7 Å². The van der Waals surface area contributed by atoms with Crippen molar-refractivity contribution in [2.45, 2.75) is 19.3 Å². The first-order chi connectivity index (χ1) is 9.25. The van der Waals surface area contributed by atoms with Crippen molar-refractivity contribution in [2.75, 3.05) is 0 Å². The second-order valence-corrected chi connectivity index (χ2v) is 7.90. The zero-order chi connectivity index (χ0) is 15.4. The van der Waals surface area contributed by atoms with Crippen molar-refractivity contribution in [2.24, 2.45) is 0 Å². The molecule has 0 aliphatic carbocycles. The van der Waals surface area contributed by atoms with Crippen molar-refractivity contribution in [1.82, 2.24) is 0 Å². The molecule has 0 saturated heterocycles. The van der Waals surface area contributed by atoms with E-state index in [0.717, 1.165) is 11.1 Å². The molecule has 1 rings (SSSR count). The molecule has 0 unspecified atom stereocenters. The van der Waals surface area contributed by atoms with Crippen molar-refractivity contribution in [3.8, 4) is 0 Å². The number of benzene rings is 1. The van der Waals surface area contributed by atoms with E-state index in [1.165, 1.54) is 0 Å². The average Bonchev–Trinajstić information content (AvgIpc) is 2.43. The molecule has 0 aliphatic rings. The van der Waals surface area contributed by atoms with Gasteiger partial charge in [-0.2, -0.15) is 0 Å². The molecule has 8 heteroatoms. The third-order valence-electron chi connectivity index (χ3n) is 2.53. The largest absolute Gasteiger partial charge is 0.480 e. The Bertz CT molecular complexity index is 467. The minimum absolute atomic E-state index is 0.418. The van der Waals surface area contributed by atoms with E-state index in [9.17, 15) is 9.59 Å². The molecular formula is C12H10Br4O4. The molecule has 1 aromatic carbocycles. The molecule has 0 aromatic heterocycles. The smallest absolute Gasteiger partial charge is 0.318 e. The summed E-state index contributed by atoms with van der Waals surface area (Å²) in [6, 6.07) is 7.09. The second-order valence-electron chi connectivity index (χ2n) is 3.95. The van der Waals surface area contributed by atoms with Gasteiger partial charge in [-0.25, -0.2) is 0 Å². The fraction of sp³-hybridized carbons (Fsp3) is 0.333. The molecule has 110 valence electrons. The van der Waals surface area contributed by atoms with Gasteiger partial charge in [0.1, 0.15) is 9.65 Å². The highest BCUT2D eigenvalue weighted by molar-refractivity contribution is 9.12. The van der Waals surface area contributed by atoms with Crippen LogP contribution < -0.4 is 0 Å². The van der Waals surface area contributed by atoms with Crippen LogP contribution in [0.4, 0.5) is 0 Å². The number of carboxylic acid groups (broad SMARTS) is 2. The van der Waals surface area contributed by atoms with Gasteiger partial charge < -0.3 is 10.2 Å². The Hall–Kier alpha value is 0.0800. The minimum Gasteiger partial charge on any atom is -0.480 e. The Balaban J connectivity index is 3.01. The van der Waals surface area contributed by atoms with Crippen molar-refractivity contribution < 1.29 is 19.8 Å². The summed E-state index contributed by atoms with van der Waals surface area (Å²) in [6.45, 7) is 0. The maximum absolute atomic E-state index is 11.0. The lowest BCUT2D eigenvalue weighted by Crippen LogP contribution is -2.19. The van der Waals surface area contributed by atoms with Gasteiger partial charge in [-0.1, -0.05) is 88.0 Å². The van der Waals surface area contributed by atoms with Crippen LogP contribution >= 0.6 is 63.7 Å². The van der Waals surface area contributed by atoms with E-state index < -0.39 is 31.2 Å². The van der Waals surface area contributed by atoms with Crippen LogP contribution in [0.15, 0.2) is 24.3 Å². The van der Waals surface area contributed by atoms with E-state index in [4.69, 9.17) is 10.2 Å². The first-order valence-electron chi connectivity index (χ1n) is 5.37. The lowest BCUT2D eigenvalue weighted by molar-refractivity contribution is -0.137. The molecule has 0 spiro atoms. The van der Waals surface area contributed by atoms with Gasteiger partial charge in [0.15, 0.2) is 0 Å². The lowest BCUT2D eigenvalue weighted by atomic mass is 10.0. The molecule has 0 amide bonds. The van der Waals surface area contributed by atoms with E-state index in [2.05, 4.69) is 63.7 Å². The van der Waals surface area contributed by atoms with Crippen molar-refractivity contribution in [3.05, 3.63) is 35.4 Å². The quantitative estimate of drug-likeness (QED) is 0.532. The zero-order valence-electron chi connectivity index (χ0n) is 9.84. The summed E-state index contributed by atoms with van der Waals surface area (Å²) in [7, 11) is 0. The molecule has 0 bridgehead atoms. The summed E-state index contributed by atoms with van der Waals surface area (Å²) in [6.07, 6.45) is 0. The van der Waals surface area contributed by atoms with Crippen LogP contribution in [0, 0.1) is 0 Å². The standard InChI is InChI=1S/C12H10Br4O4/c13-7(9(15)11(17)18)5-2-1-3-6(4-5)8(14)10(16)12(19)20/h1-4,7-10H,(H,17,18)(H,19,20)/t7-,8-,9-,10+/m0/s1. The zero-order valence-corrected chi connectivity index (χ0v) is 16.2. The number of hydrogen-bond donors (Lipinski definition) is 2. The number of carboxylic acids is 2. The number of halogens is 4. The normalized spacial score (nSPS) is 17.0. The van der Waals surface area contributed by atoms with E-state index in [0.29, 0.717) is 0 Å². The van der Waals surface area contributed by atoms with E-state index in [1.807, 2.05) is 0 Å². The maximum atomic E-state index is 11.0. The summed E-state index contributed by atoms with van der Waals surface area (Å²) in [4.78, 5) is 19.5. The van der Waals surface area contributed by atoms with Crippen LogP contribution in [-0.2, 0) is 9.59 Å². The fourth-order valence-electron chi connectivity index (χ4n) is 1.49. The predicted octanol–water partition coefficient (Wildman–Crippen LogP) is 4.25. The maximum Gasteiger partial charge on any atom is 0.318 e. The first kappa shape index (κ1) is 18.1. The molecule has 4 atom stereocenters. The second kappa shape index (κ2) is 7.91. The van der Waals surface area contributed by atoms with E-state index in [1.54, 1.807) is 24.3 Å². The summed E-state index contributed by atoms with van der Waals surface area (Å²) < 4.78 is 0. The van der Waals surface area contributed by atoms with Crippen LogP contribution in [-0.4, -0.2) is 31.8 Å². The van der Waals surface area contributed by atoms with Gasteiger partial charge >= 0.3 is 11.9 Å². The Morgan fingerprint density at radius 2 is 1.20 bits per heavy atom. The third-order valence-corrected chi connectivity index (χ3v) is 7.91. The van der Waals surface area contributed by atoms with Gasteiger partial charge in [0, 0.05) is 0 Å². The molecule has 2 N–H and O–H groups in total. The number of hydrogen-bond acceptors (Lipinski definition) is 2. The number of rotatable bonds is 6. The third kappa shape index (κ3) is 4.54. The van der Waals surface area contributed by atoms with Gasteiger partial charge in [0.25, 0.3) is 0 Å². The molecule has 0 saturated carbocycles. The first-order valence-corrected chi connectivity index (χ1v) is 9.03. The molecule has 0 aliphatic heterocycles. The average molecular weight is 538 g/mol. The SMILES string of the molecule is O=C(O)[C@@H](Br)[C@@H](Br)c1cccc([C@H](Br)[C@@H](Br)C(=O)O)c1. The molecule has 0 fully saturated rings. The molecule has 0 radical (unpaired) electrons. The van der Waals surface area contributed by atoms with Gasteiger partial charge in [-0.3, -0.25) is 9.59 Å². The number of aliphatic carboxylic acids is 2. The van der Waals surface area contributed by atoms with Crippen molar-refractivity contribution in [1.29, 1.82) is 0 Å². The molecule has 20 heavy (non-hydrogen) atoms. The Morgan fingerprint density at radius 1 is 0.850 bits per heavy atom. The van der Waals surface area contributed by atoms with Crippen LogP contribution in [0.5, 0.6) is 0 Å². The van der Waals surface area contributed by atoms with E-state index in [-0.39, 0.29) is 0 Å². The fourth-order valence-corrected chi connectivity index (χ4v) is 3.12. The van der Waals surface area contributed by atoms with Crippen LogP contribution in [0.1, 0.15) is 20.8 Å². The Morgan fingerprint density at radius 3 is 1.50 bits per heavy atom. The lowest BCUT2D eigenvalue weighted by Gasteiger charge is -2.17. The summed E-state index contributed by atoms with van der Waals surface area (Å²) in [5.74, 6) is -1.95. The van der Waals surface area contributed by atoms with Gasteiger partial charge in [0.05, 0.1) is 9.65 Å². The highest BCUT2D eigenvalue weighted by Gasteiger charge is 2.27. The highest BCUT2D eigenvalue weighted by atomic mass is 79.9. The summed E-state index contributed by atoms with van der Waals surface area (Å²) >= 11 is 12.9. The van der Waals surface area contributed by atoms with Crippen LogP contribution in [0.3, 0.4) is 0 Å². The molecule has 0 heterocycles. The Labute approximate surface area is 149 Å². The summed E-state index contributed by atoms with van der Waals surface area (Å²) in [5, 5.41) is 18.0. The number of carbonyl (C=O) groups is 2. The molecule has 1 aromatic rings.